The molecule has 0 heterocycles. The van der Waals surface area contributed by atoms with E-state index in [1.54, 1.807) is 0 Å². The zero-order valence-corrected chi connectivity index (χ0v) is 6.73. The van der Waals surface area contributed by atoms with Gasteiger partial charge in [0.2, 0.25) is 0 Å². The Balaban J connectivity index is 3.14. The highest BCUT2D eigenvalue weighted by atomic mass is 19.4. The average molecular weight is 193 g/mol. The number of benzene rings is 1. The van der Waals surface area contributed by atoms with E-state index < -0.39 is 24.0 Å². The molecule has 0 aliphatic rings. The molecule has 0 radical (unpaired) electrons. The third-order valence-corrected chi connectivity index (χ3v) is 1.55. The van der Waals surface area contributed by atoms with Gasteiger partial charge in [-0.25, -0.2) is 4.39 Å². The summed E-state index contributed by atoms with van der Waals surface area (Å²) in [5.41, 5.74) is -0.863. The number of methoxy groups -OCH3 is 1. The van der Waals surface area contributed by atoms with E-state index in [0.29, 0.717) is 12.1 Å². The fourth-order valence-corrected chi connectivity index (χ4v) is 0.880. The summed E-state index contributed by atoms with van der Waals surface area (Å²) < 4.78 is 53.4. The molecule has 0 N–H and O–H groups in total. The molecule has 0 amide bonds. The van der Waals surface area contributed by atoms with Gasteiger partial charge < -0.3 is 17.7 Å². The van der Waals surface area contributed by atoms with Crippen LogP contribution < -0.4 is 10.2 Å². The molecule has 0 aliphatic heterocycles. The van der Waals surface area contributed by atoms with Crippen molar-refractivity contribution in [3.63, 3.8) is 0 Å². The average Bonchev–Trinajstić information content (AvgIpc) is 2.03. The molecule has 6 heteroatoms. The molecule has 0 aromatic heterocycles. The van der Waals surface area contributed by atoms with Crippen molar-refractivity contribution >= 4 is 12.4 Å². The zero-order chi connectivity index (χ0) is 10.1. The Bertz CT molecular complexity index is 310. The summed E-state index contributed by atoms with van der Waals surface area (Å²) in [6.45, 7) is -5.09. The van der Waals surface area contributed by atoms with Gasteiger partial charge in [-0.15, -0.1) is 5.46 Å². The van der Waals surface area contributed by atoms with Gasteiger partial charge in [-0.2, -0.15) is 0 Å². The van der Waals surface area contributed by atoms with Crippen molar-refractivity contribution in [2.45, 2.75) is 0 Å². The molecule has 0 atom stereocenters. The molecule has 0 spiro atoms. The largest absolute Gasteiger partial charge is 0.509 e. The van der Waals surface area contributed by atoms with E-state index >= 15 is 0 Å². The van der Waals surface area contributed by atoms with Gasteiger partial charge in [-0.3, -0.25) is 0 Å². The van der Waals surface area contributed by atoms with Crippen LogP contribution in [0.15, 0.2) is 18.2 Å². The van der Waals surface area contributed by atoms with Gasteiger partial charge in [-0.05, 0) is 12.1 Å². The zero-order valence-electron chi connectivity index (χ0n) is 6.73. The van der Waals surface area contributed by atoms with Gasteiger partial charge in [-0.1, -0.05) is 6.07 Å². The lowest BCUT2D eigenvalue weighted by Crippen LogP contribution is -2.33. The Kier molecular flexibility index (Phi) is 2.49. The Morgan fingerprint density at radius 3 is 2.31 bits per heavy atom. The van der Waals surface area contributed by atoms with E-state index in [0.717, 1.165) is 13.2 Å². The van der Waals surface area contributed by atoms with Crippen molar-refractivity contribution in [2.75, 3.05) is 7.11 Å². The number of hydrogen-bond donors (Lipinski definition) is 0. The maximum absolute atomic E-state index is 12.7. The minimum Gasteiger partial charge on any atom is -0.494 e. The number of ether oxygens (including phenoxy) is 1. The van der Waals surface area contributed by atoms with Gasteiger partial charge in [0.25, 0.3) is 0 Å². The first-order valence-electron chi connectivity index (χ1n) is 3.48. The molecule has 0 aliphatic carbocycles. The Hall–Kier alpha value is -1.20. The Morgan fingerprint density at radius 2 is 1.85 bits per heavy atom. The van der Waals surface area contributed by atoms with Crippen molar-refractivity contribution in [1.82, 2.24) is 0 Å². The second-order valence-corrected chi connectivity index (χ2v) is 2.47. The highest BCUT2D eigenvalue weighted by Gasteiger charge is 2.26. The van der Waals surface area contributed by atoms with Crippen molar-refractivity contribution < 1.29 is 22.1 Å². The van der Waals surface area contributed by atoms with Crippen molar-refractivity contribution in [3.05, 3.63) is 24.0 Å². The van der Waals surface area contributed by atoms with Crippen LogP contribution in [-0.2, 0) is 0 Å². The molecular formula is C7H6BF4O-. The minimum absolute atomic E-state index is 0.392. The number of rotatable bonds is 2. The smallest absolute Gasteiger partial charge is 0.494 e. The maximum Gasteiger partial charge on any atom is 0.509 e. The third kappa shape index (κ3) is 2.14. The first kappa shape index (κ1) is 9.89. The lowest BCUT2D eigenvalue weighted by molar-refractivity contribution is 0.386. The van der Waals surface area contributed by atoms with E-state index in [4.69, 9.17) is 0 Å². The van der Waals surface area contributed by atoms with E-state index in [1.165, 1.54) is 0 Å². The second-order valence-electron chi connectivity index (χ2n) is 2.47. The maximum atomic E-state index is 12.7. The summed E-state index contributed by atoms with van der Waals surface area (Å²) in [5.74, 6) is -1.19. The number of hydrogen-bond acceptors (Lipinski definition) is 1. The summed E-state index contributed by atoms with van der Waals surface area (Å²) in [6, 6.07) is 2.08. The molecule has 0 saturated heterocycles. The summed E-state index contributed by atoms with van der Waals surface area (Å²) >= 11 is 0. The Morgan fingerprint density at radius 1 is 1.23 bits per heavy atom. The molecule has 13 heavy (non-hydrogen) atoms. The first-order valence-corrected chi connectivity index (χ1v) is 3.48. The molecular weight excluding hydrogens is 187 g/mol. The first-order chi connectivity index (χ1) is 5.95. The molecule has 72 valence electrons. The van der Waals surface area contributed by atoms with E-state index in [9.17, 15) is 17.3 Å². The monoisotopic (exact) mass is 193 g/mol. The lowest BCUT2D eigenvalue weighted by Gasteiger charge is -2.15. The molecule has 0 saturated carbocycles. The van der Waals surface area contributed by atoms with Gasteiger partial charge in [0.1, 0.15) is 0 Å². The minimum atomic E-state index is -5.09. The normalized spacial score (nSPS) is 11.5. The highest BCUT2D eigenvalue weighted by molar-refractivity contribution is 6.73. The van der Waals surface area contributed by atoms with E-state index in [-0.39, 0.29) is 0 Å². The van der Waals surface area contributed by atoms with E-state index in [2.05, 4.69) is 4.74 Å². The van der Waals surface area contributed by atoms with Gasteiger partial charge >= 0.3 is 6.98 Å². The predicted octanol–water partition coefficient (Wildman–Crippen LogP) is 1.89. The SMILES string of the molecule is COc1cc([B-](F)(F)F)ccc1F. The molecule has 1 aromatic carbocycles. The summed E-state index contributed by atoms with van der Waals surface area (Å²) in [5, 5.41) is 0. The molecule has 1 aromatic rings. The Labute approximate surface area is 72.4 Å². The van der Waals surface area contributed by atoms with Crippen LogP contribution in [0.1, 0.15) is 0 Å². The molecule has 0 fully saturated rings. The summed E-state index contributed by atoms with van der Waals surface area (Å²) in [6.07, 6.45) is 0. The van der Waals surface area contributed by atoms with Crippen LogP contribution in [0.4, 0.5) is 17.3 Å². The standard InChI is InChI=1S/C7H6BF4O/c1-13-7-4-5(8(10,11)12)2-3-6(7)9/h2-4H,1H3/q-1. The van der Waals surface area contributed by atoms with Crippen molar-refractivity contribution in [1.29, 1.82) is 0 Å². The van der Waals surface area contributed by atoms with Crippen LogP contribution in [0.5, 0.6) is 5.75 Å². The second kappa shape index (κ2) is 3.28. The molecule has 0 unspecified atom stereocenters. The third-order valence-electron chi connectivity index (χ3n) is 1.55. The van der Waals surface area contributed by atoms with Crippen LogP contribution in [0.3, 0.4) is 0 Å². The van der Waals surface area contributed by atoms with Crippen LogP contribution in [0, 0.1) is 5.82 Å². The summed E-state index contributed by atoms with van der Waals surface area (Å²) in [4.78, 5) is 0. The quantitative estimate of drug-likeness (QED) is 0.514. The molecule has 0 bridgehead atoms. The summed E-state index contributed by atoms with van der Waals surface area (Å²) in [7, 11) is 1.12. The topological polar surface area (TPSA) is 9.23 Å². The fraction of sp³-hybridized carbons (Fsp3) is 0.143. The van der Waals surface area contributed by atoms with Gasteiger partial charge in [0.15, 0.2) is 11.6 Å². The van der Waals surface area contributed by atoms with Crippen LogP contribution in [0.25, 0.3) is 0 Å². The highest BCUT2D eigenvalue weighted by Crippen LogP contribution is 2.17. The van der Waals surface area contributed by atoms with E-state index in [1.807, 2.05) is 0 Å². The van der Waals surface area contributed by atoms with Gasteiger partial charge in [0, 0.05) is 0 Å². The number of halogens is 4. The lowest BCUT2D eigenvalue weighted by atomic mass is 9.80. The molecule has 1 rings (SSSR count). The van der Waals surface area contributed by atoms with Gasteiger partial charge in [0.05, 0.1) is 7.11 Å². The fourth-order valence-electron chi connectivity index (χ4n) is 0.880. The molecule has 1 nitrogen and oxygen atoms in total. The van der Waals surface area contributed by atoms with Crippen LogP contribution >= 0.6 is 0 Å². The predicted molar refractivity (Wildman–Crippen MR) is 41.7 cm³/mol. The van der Waals surface area contributed by atoms with Crippen molar-refractivity contribution in [3.8, 4) is 5.75 Å². The van der Waals surface area contributed by atoms with Crippen molar-refractivity contribution in [2.24, 2.45) is 0 Å². The van der Waals surface area contributed by atoms with Crippen LogP contribution in [0.2, 0.25) is 0 Å². The van der Waals surface area contributed by atoms with Crippen LogP contribution in [-0.4, -0.2) is 14.1 Å².